The largest absolute Gasteiger partial charge is 0.402 e. The van der Waals surface area contributed by atoms with Gasteiger partial charge in [-0.05, 0) is 17.9 Å². The van der Waals surface area contributed by atoms with E-state index < -0.39 is 0 Å². The third-order valence-electron chi connectivity index (χ3n) is 2.34. The third kappa shape index (κ3) is 2.88. The molecule has 0 heterocycles. The molecule has 0 aromatic carbocycles. The van der Waals surface area contributed by atoms with E-state index >= 15 is 0 Å². The van der Waals surface area contributed by atoms with Crippen LogP contribution >= 0.6 is 0 Å². The zero-order valence-corrected chi connectivity index (χ0v) is 9.58. The highest BCUT2D eigenvalue weighted by molar-refractivity contribution is 5.19. The van der Waals surface area contributed by atoms with Gasteiger partial charge in [-0.15, -0.1) is 0 Å². The molecule has 0 radical (unpaired) electrons. The van der Waals surface area contributed by atoms with Gasteiger partial charge in [-0.1, -0.05) is 41.5 Å². The van der Waals surface area contributed by atoms with E-state index in [0.29, 0.717) is 0 Å². The van der Waals surface area contributed by atoms with Crippen LogP contribution in [-0.4, -0.2) is 0 Å². The summed E-state index contributed by atoms with van der Waals surface area (Å²) in [4.78, 5) is 0. The second kappa shape index (κ2) is 3.12. The van der Waals surface area contributed by atoms with Crippen LogP contribution in [0.15, 0.2) is 11.3 Å². The molecule has 1 heteroatoms. The van der Waals surface area contributed by atoms with Crippen molar-refractivity contribution in [2.24, 2.45) is 16.6 Å². The molecule has 0 rings (SSSR count). The number of allylic oxidation sites excluding steroid dienone is 2. The minimum Gasteiger partial charge on any atom is -0.402 e. The standard InChI is InChI=1S/C11H23N/c1-8(10(2,3)4)9(12)11(5,6)7/h12H2,1-7H3. The highest BCUT2D eigenvalue weighted by Crippen LogP contribution is 2.32. The Morgan fingerprint density at radius 3 is 1.25 bits per heavy atom. The quantitative estimate of drug-likeness (QED) is 0.591. The summed E-state index contributed by atoms with van der Waals surface area (Å²) < 4.78 is 0. The summed E-state index contributed by atoms with van der Waals surface area (Å²) in [6, 6.07) is 0. The molecule has 2 N–H and O–H groups in total. The maximum atomic E-state index is 6.06. The summed E-state index contributed by atoms with van der Waals surface area (Å²) in [6.45, 7) is 15.2. The Kier molecular flexibility index (Phi) is 3.00. The lowest BCUT2D eigenvalue weighted by Gasteiger charge is -2.28. The molecular formula is C11H23N. The smallest absolute Gasteiger partial charge is 0.0129 e. The van der Waals surface area contributed by atoms with E-state index in [0.717, 1.165) is 5.70 Å². The Balaban J connectivity index is 4.96. The number of nitrogens with two attached hydrogens (primary N) is 1. The highest BCUT2D eigenvalue weighted by Gasteiger charge is 2.22. The number of hydrogen-bond donors (Lipinski definition) is 1. The predicted molar refractivity (Wildman–Crippen MR) is 55.8 cm³/mol. The molecule has 0 aromatic heterocycles. The Bertz CT molecular complexity index is 164. The van der Waals surface area contributed by atoms with Crippen LogP contribution in [0.1, 0.15) is 48.5 Å². The van der Waals surface area contributed by atoms with Crippen LogP contribution in [-0.2, 0) is 0 Å². The first-order valence-corrected chi connectivity index (χ1v) is 4.54. The summed E-state index contributed by atoms with van der Waals surface area (Å²) >= 11 is 0. The van der Waals surface area contributed by atoms with Gasteiger partial charge in [0.1, 0.15) is 0 Å². The summed E-state index contributed by atoms with van der Waals surface area (Å²) in [5, 5.41) is 0. The first-order chi connectivity index (χ1) is 5.07. The Labute approximate surface area is 77.0 Å². The SMILES string of the molecule is CC(=C(N)C(C)(C)C)C(C)(C)C. The fourth-order valence-corrected chi connectivity index (χ4v) is 0.967. The second-order valence-corrected chi connectivity index (χ2v) is 5.54. The third-order valence-corrected chi connectivity index (χ3v) is 2.34. The van der Waals surface area contributed by atoms with Gasteiger partial charge in [0, 0.05) is 11.1 Å². The first-order valence-electron chi connectivity index (χ1n) is 4.54. The van der Waals surface area contributed by atoms with Crippen molar-refractivity contribution in [3.05, 3.63) is 11.3 Å². The molecule has 0 bridgehead atoms. The zero-order chi connectivity index (χ0) is 10.2. The van der Waals surface area contributed by atoms with E-state index in [1.807, 2.05) is 0 Å². The molecule has 0 saturated carbocycles. The average molecular weight is 169 g/mol. The van der Waals surface area contributed by atoms with Gasteiger partial charge < -0.3 is 5.73 Å². The van der Waals surface area contributed by atoms with Crippen molar-refractivity contribution in [2.45, 2.75) is 48.5 Å². The molecule has 0 fully saturated rings. The van der Waals surface area contributed by atoms with E-state index in [1.165, 1.54) is 5.57 Å². The van der Waals surface area contributed by atoms with Gasteiger partial charge in [-0.2, -0.15) is 0 Å². The molecule has 0 atom stereocenters. The lowest BCUT2D eigenvalue weighted by Crippen LogP contribution is -2.23. The van der Waals surface area contributed by atoms with Crippen molar-refractivity contribution >= 4 is 0 Å². The lowest BCUT2D eigenvalue weighted by molar-refractivity contribution is 0.440. The summed E-state index contributed by atoms with van der Waals surface area (Å²) in [5.41, 5.74) is 8.67. The maximum absolute atomic E-state index is 6.06. The fourth-order valence-electron chi connectivity index (χ4n) is 0.967. The highest BCUT2D eigenvalue weighted by atomic mass is 14.6. The molecule has 1 nitrogen and oxygen atoms in total. The predicted octanol–water partition coefficient (Wildman–Crippen LogP) is 3.31. The van der Waals surface area contributed by atoms with Crippen molar-refractivity contribution in [3.63, 3.8) is 0 Å². The van der Waals surface area contributed by atoms with Crippen LogP contribution in [0.5, 0.6) is 0 Å². The molecule has 0 saturated heterocycles. The van der Waals surface area contributed by atoms with Gasteiger partial charge in [0.2, 0.25) is 0 Å². The Hall–Kier alpha value is -0.460. The van der Waals surface area contributed by atoms with Crippen molar-refractivity contribution < 1.29 is 0 Å². The van der Waals surface area contributed by atoms with Crippen molar-refractivity contribution in [2.75, 3.05) is 0 Å². The second-order valence-electron chi connectivity index (χ2n) is 5.54. The van der Waals surface area contributed by atoms with Gasteiger partial charge in [-0.3, -0.25) is 0 Å². The van der Waals surface area contributed by atoms with Crippen molar-refractivity contribution in [3.8, 4) is 0 Å². The topological polar surface area (TPSA) is 26.0 Å². The van der Waals surface area contributed by atoms with Crippen LogP contribution in [0.25, 0.3) is 0 Å². The Morgan fingerprint density at radius 2 is 1.17 bits per heavy atom. The van der Waals surface area contributed by atoms with E-state index in [2.05, 4.69) is 48.5 Å². The van der Waals surface area contributed by atoms with Crippen LogP contribution in [0.4, 0.5) is 0 Å². The number of hydrogen-bond acceptors (Lipinski definition) is 1. The molecule has 0 unspecified atom stereocenters. The molecule has 72 valence electrons. The molecule has 0 aliphatic carbocycles. The first kappa shape index (κ1) is 11.5. The van der Waals surface area contributed by atoms with Crippen molar-refractivity contribution in [1.29, 1.82) is 0 Å². The van der Waals surface area contributed by atoms with E-state index in [-0.39, 0.29) is 10.8 Å². The average Bonchev–Trinajstić information content (AvgIpc) is 1.80. The minimum atomic E-state index is 0.0946. The van der Waals surface area contributed by atoms with Crippen LogP contribution < -0.4 is 5.73 Å². The van der Waals surface area contributed by atoms with Crippen LogP contribution in [0, 0.1) is 10.8 Å². The molecule has 0 aliphatic heterocycles. The molecule has 0 aromatic rings. The van der Waals surface area contributed by atoms with Crippen LogP contribution in [0.2, 0.25) is 0 Å². The minimum absolute atomic E-state index is 0.0946. The fraction of sp³-hybridized carbons (Fsp3) is 0.818. The van der Waals surface area contributed by atoms with Crippen LogP contribution in [0.3, 0.4) is 0 Å². The van der Waals surface area contributed by atoms with Crippen molar-refractivity contribution in [1.82, 2.24) is 0 Å². The molecule has 0 spiro atoms. The zero-order valence-electron chi connectivity index (χ0n) is 9.58. The van der Waals surface area contributed by atoms with Gasteiger partial charge in [0.05, 0.1) is 0 Å². The summed E-state index contributed by atoms with van der Waals surface area (Å²) in [7, 11) is 0. The normalized spacial score (nSPS) is 15.9. The van der Waals surface area contributed by atoms with Gasteiger partial charge in [0.25, 0.3) is 0 Å². The molecule has 0 aliphatic rings. The number of rotatable bonds is 0. The van der Waals surface area contributed by atoms with Gasteiger partial charge in [-0.25, -0.2) is 0 Å². The lowest BCUT2D eigenvalue weighted by atomic mass is 9.80. The van der Waals surface area contributed by atoms with E-state index in [1.54, 1.807) is 0 Å². The van der Waals surface area contributed by atoms with Gasteiger partial charge in [0.15, 0.2) is 0 Å². The van der Waals surface area contributed by atoms with E-state index in [4.69, 9.17) is 5.73 Å². The molecular weight excluding hydrogens is 146 g/mol. The summed E-state index contributed by atoms with van der Waals surface area (Å²) in [5.74, 6) is 0. The Morgan fingerprint density at radius 1 is 0.833 bits per heavy atom. The van der Waals surface area contributed by atoms with E-state index in [9.17, 15) is 0 Å². The molecule has 12 heavy (non-hydrogen) atoms. The summed E-state index contributed by atoms with van der Waals surface area (Å²) in [6.07, 6.45) is 0. The maximum Gasteiger partial charge on any atom is 0.0129 e. The molecule has 0 amide bonds. The van der Waals surface area contributed by atoms with Gasteiger partial charge >= 0.3 is 0 Å². The monoisotopic (exact) mass is 169 g/mol.